The monoisotopic (exact) mass is 179 g/mol. The number of nitrogens with two attached hydrogens (primary N) is 2. The van der Waals surface area contributed by atoms with E-state index >= 15 is 0 Å². The van der Waals surface area contributed by atoms with Gasteiger partial charge in [-0.05, 0) is 6.92 Å². The van der Waals surface area contributed by atoms with Crippen LogP contribution >= 0.6 is 0 Å². The van der Waals surface area contributed by atoms with Gasteiger partial charge < -0.3 is 16.8 Å². The summed E-state index contributed by atoms with van der Waals surface area (Å²) >= 11 is 0. The van der Waals surface area contributed by atoms with Crippen LogP contribution in [0.2, 0.25) is 0 Å². The summed E-state index contributed by atoms with van der Waals surface area (Å²) in [4.78, 5) is 11.0. The van der Waals surface area contributed by atoms with Crippen molar-refractivity contribution in [1.29, 1.82) is 5.26 Å². The van der Waals surface area contributed by atoms with Gasteiger partial charge >= 0.3 is 0 Å². The van der Waals surface area contributed by atoms with Gasteiger partial charge in [-0.2, -0.15) is 20.2 Å². The highest BCUT2D eigenvalue weighted by atomic mass is 15.2. The molecule has 1 aromatic rings. The minimum atomic E-state index is -0.402. The average Bonchev–Trinajstić information content (AvgIpc) is 2.02. The normalized spacial score (nSPS) is 11.7. The second-order valence-corrected chi connectivity index (χ2v) is 2.37. The SMILES string of the molecule is CC(C#N)Nc1nc(N)nc(N)n1. The Kier molecular flexibility index (Phi) is 2.44. The van der Waals surface area contributed by atoms with Crippen LogP contribution in [0, 0.1) is 11.3 Å². The van der Waals surface area contributed by atoms with Crippen molar-refractivity contribution < 1.29 is 0 Å². The number of hydrogen-bond donors (Lipinski definition) is 3. The molecule has 0 aromatic carbocycles. The summed E-state index contributed by atoms with van der Waals surface area (Å²) in [6, 6.07) is 1.56. The topological polar surface area (TPSA) is 127 Å². The molecule has 13 heavy (non-hydrogen) atoms. The smallest absolute Gasteiger partial charge is 0.230 e. The van der Waals surface area contributed by atoms with Crippen LogP contribution in [0.1, 0.15) is 6.92 Å². The maximum Gasteiger partial charge on any atom is 0.230 e. The molecule has 68 valence electrons. The van der Waals surface area contributed by atoms with Crippen molar-refractivity contribution in [2.24, 2.45) is 0 Å². The standard InChI is InChI=1S/C6H9N7/c1-3(2-7)10-6-12-4(8)11-5(9)13-6/h3H,1H3,(H5,8,9,10,11,12,13). The third-order valence-electron chi connectivity index (χ3n) is 1.21. The van der Waals surface area contributed by atoms with Crippen LogP contribution in [-0.4, -0.2) is 21.0 Å². The Labute approximate surface area is 74.8 Å². The van der Waals surface area contributed by atoms with Crippen LogP contribution in [0.25, 0.3) is 0 Å². The number of rotatable bonds is 2. The minimum Gasteiger partial charge on any atom is -0.368 e. The molecular formula is C6H9N7. The Hall–Kier alpha value is -2.10. The van der Waals surface area contributed by atoms with E-state index in [4.69, 9.17) is 16.7 Å². The van der Waals surface area contributed by atoms with E-state index in [2.05, 4.69) is 20.3 Å². The highest BCUT2D eigenvalue weighted by Crippen LogP contribution is 2.04. The first kappa shape index (κ1) is 8.99. The summed E-state index contributed by atoms with van der Waals surface area (Å²) in [7, 11) is 0. The van der Waals surface area contributed by atoms with E-state index in [-0.39, 0.29) is 17.8 Å². The van der Waals surface area contributed by atoms with Crippen molar-refractivity contribution in [2.45, 2.75) is 13.0 Å². The molecule has 0 aliphatic carbocycles. The fourth-order valence-corrected chi connectivity index (χ4v) is 0.700. The molecule has 0 amide bonds. The van der Waals surface area contributed by atoms with E-state index < -0.39 is 6.04 Å². The lowest BCUT2D eigenvalue weighted by molar-refractivity contribution is 0.954. The molecule has 0 aliphatic heterocycles. The number of nitriles is 1. The van der Waals surface area contributed by atoms with Gasteiger partial charge in [0, 0.05) is 0 Å². The number of nitrogens with one attached hydrogen (secondary N) is 1. The van der Waals surface area contributed by atoms with E-state index in [0.717, 1.165) is 0 Å². The van der Waals surface area contributed by atoms with Crippen LogP contribution in [-0.2, 0) is 0 Å². The first-order chi connectivity index (χ1) is 6.11. The molecule has 1 unspecified atom stereocenters. The second kappa shape index (κ2) is 3.53. The largest absolute Gasteiger partial charge is 0.368 e. The lowest BCUT2D eigenvalue weighted by atomic mass is 10.4. The molecule has 0 aliphatic rings. The predicted octanol–water partition coefficient (Wildman–Crippen LogP) is -0.640. The molecule has 0 radical (unpaired) electrons. The lowest BCUT2D eigenvalue weighted by Crippen LogP contribution is -2.16. The Morgan fingerprint density at radius 1 is 1.31 bits per heavy atom. The van der Waals surface area contributed by atoms with Crippen molar-refractivity contribution >= 4 is 17.8 Å². The summed E-state index contributed by atoms with van der Waals surface area (Å²) in [6.07, 6.45) is 0. The Bertz CT molecular complexity index is 321. The number of nitrogen functional groups attached to an aromatic ring is 2. The van der Waals surface area contributed by atoms with Gasteiger partial charge in [-0.15, -0.1) is 0 Å². The zero-order chi connectivity index (χ0) is 9.84. The fraction of sp³-hybridized carbons (Fsp3) is 0.333. The molecule has 5 N–H and O–H groups in total. The molecule has 0 saturated heterocycles. The van der Waals surface area contributed by atoms with Crippen molar-refractivity contribution in [2.75, 3.05) is 16.8 Å². The summed E-state index contributed by atoms with van der Waals surface area (Å²) in [5.41, 5.74) is 10.6. The molecule has 1 aromatic heterocycles. The second-order valence-electron chi connectivity index (χ2n) is 2.37. The van der Waals surface area contributed by atoms with Crippen LogP contribution < -0.4 is 16.8 Å². The maximum atomic E-state index is 8.49. The summed E-state index contributed by atoms with van der Waals surface area (Å²) in [5.74, 6) is 0.263. The quantitative estimate of drug-likeness (QED) is 0.551. The van der Waals surface area contributed by atoms with E-state index in [1.54, 1.807) is 6.92 Å². The molecule has 1 heterocycles. The predicted molar refractivity (Wildman–Crippen MR) is 47.3 cm³/mol. The van der Waals surface area contributed by atoms with Gasteiger partial charge in [0.05, 0.1) is 6.07 Å². The molecular weight excluding hydrogens is 170 g/mol. The third-order valence-corrected chi connectivity index (χ3v) is 1.21. The van der Waals surface area contributed by atoms with Crippen molar-refractivity contribution in [1.82, 2.24) is 15.0 Å². The van der Waals surface area contributed by atoms with Crippen molar-refractivity contribution in [3.8, 4) is 6.07 Å². The first-order valence-electron chi connectivity index (χ1n) is 3.55. The van der Waals surface area contributed by atoms with Gasteiger partial charge in [-0.1, -0.05) is 0 Å². The number of anilines is 3. The molecule has 1 atom stereocenters. The number of nitrogens with zero attached hydrogens (tertiary/aromatic N) is 4. The zero-order valence-electron chi connectivity index (χ0n) is 7.02. The number of hydrogen-bond acceptors (Lipinski definition) is 7. The van der Waals surface area contributed by atoms with Crippen molar-refractivity contribution in [3.63, 3.8) is 0 Å². The lowest BCUT2D eigenvalue weighted by Gasteiger charge is -2.05. The minimum absolute atomic E-state index is 0.0279. The Morgan fingerprint density at radius 3 is 2.31 bits per heavy atom. The van der Waals surface area contributed by atoms with Crippen LogP contribution in [0.5, 0.6) is 0 Å². The highest BCUT2D eigenvalue weighted by molar-refractivity contribution is 5.38. The van der Waals surface area contributed by atoms with Gasteiger partial charge in [0.25, 0.3) is 0 Å². The Morgan fingerprint density at radius 2 is 1.85 bits per heavy atom. The molecule has 0 fully saturated rings. The first-order valence-corrected chi connectivity index (χ1v) is 3.55. The summed E-state index contributed by atoms with van der Waals surface area (Å²) in [5, 5.41) is 11.2. The van der Waals surface area contributed by atoms with Crippen LogP contribution in [0.3, 0.4) is 0 Å². The van der Waals surface area contributed by atoms with Crippen LogP contribution in [0.4, 0.5) is 17.8 Å². The van der Waals surface area contributed by atoms with Gasteiger partial charge in [-0.3, -0.25) is 0 Å². The number of aromatic nitrogens is 3. The average molecular weight is 179 g/mol. The van der Waals surface area contributed by atoms with Gasteiger partial charge in [-0.25, -0.2) is 0 Å². The molecule has 1 rings (SSSR count). The van der Waals surface area contributed by atoms with E-state index in [0.29, 0.717) is 0 Å². The highest BCUT2D eigenvalue weighted by Gasteiger charge is 2.04. The van der Waals surface area contributed by atoms with E-state index in [1.165, 1.54) is 0 Å². The maximum absolute atomic E-state index is 8.49. The molecule has 0 saturated carbocycles. The zero-order valence-corrected chi connectivity index (χ0v) is 7.02. The molecule has 7 nitrogen and oxygen atoms in total. The van der Waals surface area contributed by atoms with E-state index in [1.807, 2.05) is 6.07 Å². The Balaban J connectivity index is 2.84. The van der Waals surface area contributed by atoms with Gasteiger partial charge in [0.15, 0.2) is 0 Å². The van der Waals surface area contributed by atoms with Crippen molar-refractivity contribution in [3.05, 3.63) is 0 Å². The molecule has 0 spiro atoms. The van der Waals surface area contributed by atoms with Gasteiger partial charge in [0.2, 0.25) is 17.8 Å². The van der Waals surface area contributed by atoms with E-state index in [9.17, 15) is 0 Å². The van der Waals surface area contributed by atoms with Gasteiger partial charge in [0.1, 0.15) is 6.04 Å². The summed E-state index contributed by atoms with van der Waals surface area (Å²) in [6.45, 7) is 1.66. The molecule has 7 heteroatoms. The van der Waals surface area contributed by atoms with Crippen LogP contribution in [0.15, 0.2) is 0 Å². The third kappa shape index (κ3) is 2.44. The summed E-state index contributed by atoms with van der Waals surface area (Å²) < 4.78 is 0. The fourth-order valence-electron chi connectivity index (χ4n) is 0.700. The molecule has 0 bridgehead atoms.